The minimum atomic E-state index is -2.69. The molecular formula is C22H21F2N5O2. The van der Waals surface area contributed by atoms with Crippen molar-refractivity contribution in [2.24, 2.45) is 0 Å². The predicted octanol–water partition coefficient (Wildman–Crippen LogP) is 3.83. The molecule has 0 spiro atoms. The maximum atomic E-state index is 13.3. The summed E-state index contributed by atoms with van der Waals surface area (Å²) >= 11 is 0. The van der Waals surface area contributed by atoms with Gasteiger partial charge in [0.2, 0.25) is 0 Å². The second-order valence-corrected chi connectivity index (χ2v) is 7.75. The van der Waals surface area contributed by atoms with Crippen LogP contribution in [0.5, 0.6) is 5.75 Å². The van der Waals surface area contributed by atoms with Gasteiger partial charge < -0.3 is 19.5 Å². The highest BCUT2D eigenvalue weighted by Crippen LogP contribution is 2.34. The normalized spacial score (nSPS) is 18.0. The van der Waals surface area contributed by atoms with Crippen LogP contribution in [0.25, 0.3) is 11.5 Å². The summed E-state index contributed by atoms with van der Waals surface area (Å²) < 4.78 is 34.5. The summed E-state index contributed by atoms with van der Waals surface area (Å²) in [7, 11) is 0. The van der Waals surface area contributed by atoms with Crippen LogP contribution >= 0.6 is 0 Å². The molecule has 1 amide bonds. The molecule has 160 valence electrons. The highest BCUT2D eigenvalue weighted by atomic mass is 19.3. The topological polar surface area (TPSA) is 72.3 Å². The Bertz CT molecular complexity index is 1120. The molecule has 2 bridgehead atoms. The van der Waals surface area contributed by atoms with Crippen molar-refractivity contribution < 1.29 is 18.3 Å². The van der Waals surface area contributed by atoms with Gasteiger partial charge in [0.1, 0.15) is 17.3 Å². The SMILES string of the molecule is O=C1Nc2cccc(n2)-c2nccn2CCCCOc2ccc(N3CC(F)(F)C3)cc21. The Morgan fingerprint density at radius 3 is 2.84 bits per heavy atom. The van der Waals surface area contributed by atoms with E-state index in [9.17, 15) is 13.6 Å². The van der Waals surface area contributed by atoms with E-state index in [1.54, 1.807) is 36.5 Å². The lowest BCUT2D eigenvalue weighted by molar-refractivity contribution is -0.0262. The maximum Gasteiger partial charge on any atom is 0.282 e. The molecule has 2 aliphatic heterocycles. The molecule has 2 aliphatic rings. The first-order valence-electron chi connectivity index (χ1n) is 10.2. The molecule has 0 unspecified atom stereocenters. The fraction of sp³-hybridized carbons (Fsp3) is 0.318. The van der Waals surface area contributed by atoms with Crippen molar-refractivity contribution in [1.29, 1.82) is 0 Å². The quantitative estimate of drug-likeness (QED) is 0.642. The largest absolute Gasteiger partial charge is 0.493 e. The number of anilines is 2. The molecule has 0 aliphatic carbocycles. The third-order valence-corrected chi connectivity index (χ3v) is 5.40. The van der Waals surface area contributed by atoms with E-state index in [4.69, 9.17) is 4.74 Å². The van der Waals surface area contributed by atoms with Gasteiger partial charge in [-0.25, -0.2) is 18.7 Å². The molecule has 4 heterocycles. The van der Waals surface area contributed by atoms with Crippen LogP contribution < -0.4 is 15.0 Å². The number of hydrogen-bond donors (Lipinski definition) is 1. The van der Waals surface area contributed by atoms with Gasteiger partial charge >= 0.3 is 0 Å². The lowest BCUT2D eigenvalue weighted by Crippen LogP contribution is -2.56. The van der Waals surface area contributed by atoms with Crippen LogP contribution in [0, 0.1) is 0 Å². The number of amides is 1. The van der Waals surface area contributed by atoms with Crippen LogP contribution in [-0.2, 0) is 6.54 Å². The number of imidazole rings is 1. The number of fused-ring (bicyclic) bond motifs is 5. The summed E-state index contributed by atoms with van der Waals surface area (Å²) in [5, 5.41) is 2.80. The average molecular weight is 425 g/mol. The minimum absolute atomic E-state index is 0.290. The third kappa shape index (κ3) is 3.95. The van der Waals surface area contributed by atoms with Gasteiger partial charge in [-0.1, -0.05) is 6.07 Å². The Kier molecular flexibility index (Phi) is 4.80. The number of pyridine rings is 1. The van der Waals surface area contributed by atoms with Crippen molar-refractivity contribution in [2.45, 2.75) is 25.3 Å². The average Bonchev–Trinajstić information content (AvgIpc) is 3.20. The highest BCUT2D eigenvalue weighted by Gasteiger charge is 2.44. The number of hydrogen-bond acceptors (Lipinski definition) is 5. The molecule has 3 aromatic rings. The van der Waals surface area contributed by atoms with Gasteiger partial charge in [-0.3, -0.25) is 4.79 Å². The molecule has 0 atom stereocenters. The van der Waals surface area contributed by atoms with Crippen LogP contribution in [-0.4, -0.2) is 46.1 Å². The van der Waals surface area contributed by atoms with Crippen LogP contribution in [0.3, 0.4) is 0 Å². The molecule has 5 rings (SSSR count). The molecule has 0 saturated carbocycles. The number of halogens is 2. The van der Waals surface area contributed by atoms with Crippen molar-refractivity contribution >= 4 is 17.4 Å². The van der Waals surface area contributed by atoms with Crippen molar-refractivity contribution in [1.82, 2.24) is 14.5 Å². The van der Waals surface area contributed by atoms with Crippen LogP contribution in [0.2, 0.25) is 0 Å². The molecular weight excluding hydrogens is 404 g/mol. The molecule has 1 fully saturated rings. The summed E-state index contributed by atoms with van der Waals surface area (Å²) in [4.78, 5) is 23.5. The number of nitrogens with one attached hydrogen (secondary N) is 1. The second-order valence-electron chi connectivity index (χ2n) is 7.75. The third-order valence-electron chi connectivity index (χ3n) is 5.40. The number of rotatable bonds is 1. The van der Waals surface area contributed by atoms with Gasteiger partial charge in [-0.05, 0) is 43.2 Å². The van der Waals surface area contributed by atoms with Crippen LogP contribution in [0.4, 0.5) is 20.3 Å². The standard InChI is InChI=1S/C22H21F2N5O2/c23-22(24)13-29(14-22)15-6-7-18-16(12-15)21(30)27-19-5-3-4-17(26-19)20-25-8-10-28(20)9-1-2-11-31-18/h3-8,10,12H,1-2,9,11,13-14H2,(H,26,27,30). The van der Waals surface area contributed by atoms with Gasteiger partial charge in [0.15, 0.2) is 5.82 Å². The fourth-order valence-corrected chi connectivity index (χ4v) is 3.81. The lowest BCUT2D eigenvalue weighted by atomic mass is 10.1. The molecule has 0 radical (unpaired) electrons. The number of aryl methyl sites for hydroxylation is 1. The summed E-state index contributed by atoms with van der Waals surface area (Å²) in [6.45, 7) is 0.496. The molecule has 31 heavy (non-hydrogen) atoms. The summed E-state index contributed by atoms with van der Waals surface area (Å²) in [6.07, 6.45) is 5.29. The number of benzene rings is 1. The van der Waals surface area contributed by atoms with Gasteiger partial charge in [-0.15, -0.1) is 0 Å². The summed E-state index contributed by atoms with van der Waals surface area (Å²) in [5.41, 5.74) is 1.51. The lowest BCUT2D eigenvalue weighted by Gasteiger charge is -2.40. The van der Waals surface area contributed by atoms with E-state index >= 15 is 0 Å². The molecule has 9 heteroatoms. The van der Waals surface area contributed by atoms with Crippen molar-refractivity contribution in [3.8, 4) is 17.3 Å². The van der Waals surface area contributed by atoms with E-state index < -0.39 is 11.8 Å². The zero-order valence-electron chi connectivity index (χ0n) is 16.7. The maximum absolute atomic E-state index is 13.3. The second kappa shape index (κ2) is 7.64. The number of carbonyl (C=O) groups is 1. The monoisotopic (exact) mass is 425 g/mol. The zero-order chi connectivity index (χ0) is 21.4. The molecule has 1 aromatic carbocycles. The van der Waals surface area contributed by atoms with Crippen LogP contribution in [0.1, 0.15) is 23.2 Å². The van der Waals surface area contributed by atoms with E-state index in [0.717, 1.165) is 25.2 Å². The minimum Gasteiger partial charge on any atom is -0.493 e. The smallest absolute Gasteiger partial charge is 0.282 e. The number of nitrogens with zero attached hydrogens (tertiary/aromatic N) is 4. The Morgan fingerprint density at radius 2 is 2.00 bits per heavy atom. The van der Waals surface area contributed by atoms with Gasteiger partial charge in [-0.2, -0.15) is 0 Å². The Morgan fingerprint density at radius 1 is 1.13 bits per heavy atom. The molecule has 2 aromatic heterocycles. The first kappa shape index (κ1) is 19.5. The van der Waals surface area contributed by atoms with E-state index in [-0.39, 0.29) is 13.1 Å². The van der Waals surface area contributed by atoms with Crippen molar-refractivity contribution in [3.05, 3.63) is 54.4 Å². The molecule has 1 saturated heterocycles. The molecule has 7 nitrogen and oxygen atoms in total. The Balaban J connectivity index is 1.48. The van der Waals surface area contributed by atoms with Crippen LogP contribution in [0.15, 0.2) is 48.8 Å². The zero-order valence-corrected chi connectivity index (χ0v) is 16.7. The Labute approximate surface area is 177 Å². The summed E-state index contributed by atoms with van der Waals surface area (Å²) in [5.74, 6) is -1.57. The number of aromatic nitrogens is 3. The first-order valence-corrected chi connectivity index (χ1v) is 10.2. The highest BCUT2D eigenvalue weighted by molar-refractivity contribution is 6.06. The predicted molar refractivity (Wildman–Crippen MR) is 112 cm³/mol. The summed E-state index contributed by atoms with van der Waals surface area (Å²) in [6, 6.07) is 10.3. The van der Waals surface area contributed by atoms with E-state index in [0.29, 0.717) is 35.1 Å². The van der Waals surface area contributed by atoms with Gasteiger partial charge in [0.05, 0.1) is 25.3 Å². The number of ether oxygens (including phenoxy) is 1. The fourth-order valence-electron chi connectivity index (χ4n) is 3.81. The van der Waals surface area contributed by atoms with E-state index in [1.807, 2.05) is 16.8 Å². The Hall–Kier alpha value is -3.49. The first-order chi connectivity index (χ1) is 15.0. The number of carbonyl (C=O) groups excluding carboxylic acids is 1. The van der Waals surface area contributed by atoms with Crippen molar-refractivity contribution in [3.63, 3.8) is 0 Å². The molecule has 1 N–H and O–H groups in total. The number of alkyl halides is 2. The van der Waals surface area contributed by atoms with Gasteiger partial charge in [0.25, 0.3) is 11.8 Å². The van der Waals surface area contributed by atoms with Gasteiger partial charge in [0, 0.05) is 24.6 Å². The van der Waals surface area contributed by atoms with E-state index in [1.165, 1.54) is 4.90 Å². The van der Waals surface area contributed by atoms with E-state index in [2.05, 4.69) is 15.3 Å². The van der Waals surface area contributed by atoms with Crippen molar-refractivity contribution in [2.75, 3.05) is 29.9 Å².